The standard InChI is InChI=1S/C28H20F3N6O3S2/c1-32-22(38)15-23-36-25(26(41-23)21-13-14-33-28(35-21)34-16-7-3-2-4-8-16)17-9-5-12-20(24(17)31)37-42(39,40)27-18(29)10-6-11-19(27)30/h2-14H,15H2,1H3,(H,32,38)(H,33,34,35)/q-1. The van der Waals surface area contributed by atoms with Crippen LogP contribution >= 0.6 is 11.3 Å². The third-order valence-electron chi connectivity index (χ3n) is 5.81. The molecular weight excluding hydrogens is 589 g/mol. The van der Waals surface area contributed by atoms with E-state index in [0.717, 1.165) is 41.3 Å². The van der Waals surface area contributed by atoms with Crippen LogP contribution in [0.4, 0.5) is 30.5 Å². The van der Waals surface area contributed by atoms with E-state index in [1.807, 2.05) is 30.3 Å². The van der Waals surface area contributed by atoms with Gasteiger partial charge in [0.25, 0.3) is 0 Å². The minimum absolute atomic E-state index is 0.0623. The number of nitrogens with zero attached hydrogens (tertiary/aromatic N) is 4. The fraction of sp³-hybridized carbons (Fsp3) is 0.0714. The largest absolute Gasteiger partial charge is 0.570 e. The van der Waals surface area contributed by atoms with Gasteiger partial charge >= 0.3 is 0 Å². The number of likely N-dealkylation sites (N-methyl/N-ethyl adjacent to an activating group) is 1. The molecule has 9 nitrogen and oxygen atoms in total. The van der Waals surface area contributed by atoms with Crippen molar-refractivity contribution < 1.29 is 26.4 Å². The van der Waals surface area contributed by atoms with Gasteiger partial charge in [0.1, 0.15) is 37.4 Å². The molecule has 0 spiro atoms. The van der Waals surface area contributed by atoms with Crippen molar-refractivity contribution in [1.29, 1.82) is 0 Å². The summed E-state index contributed by atoms with van der Waals surface area (Å²) >= 11 is 1.09. The number of sulfonamides is 1. The monoisotopic (exact) mass is 609 g/mol. The van der Waals surface area contributed by atoms with Crippen LogP contribution in [0.25, 0.3) is 26.6 Å². The van der Waals surface area contributed by atoms with Gasteiger partial charge in [0.05, 0.1) is 22.7 Å². The van der Waals surface area contributed by atoms with E-state index in [4.69, 9.17) is 0 Å². The van der Waals surface area contributed by atoms with E-state index in [1.165, 1.54) is 25.4 Å². The topological polar surface area (TPSA) is 128 Å². The molecule has 42 heavy (non-hydrogen) atoms. The van der Waals surface area contributed by atoms with Gasteiger partial charge in [0, 0.05) is 24.5 Å². The molecule has 0 aliphatic rings. The van der Waals surface area contributed by atoms with Gasteiger partial charge < -0.3 is 15.4 Å². The van der Waals surface area contributed by atoms with Crippen LogP contribution in [0.5, 0.6) is 0 Å². The maximum atomic E-state index is 15.9. The van der Waals surface area contributed by atoms with Crippen LogP contribution in [0.15, 0.2) is 83.9 Å². The summed E-state index contributed by atoms with van der Waals surface area (Å²) in [4.78, 5) is 24.4. The van der Waals surface area contributed by atoms with Crippen LogP contribution in [0.2, 0.25) is 0 Å². The van der Waals surface area contributed by atoms with Crippen molar-refractivity contribution in [2.45, 2.75) is 11.3 Å². The van der Waals surface area contributed by atoms with E-state index in [2.05, 4.69) is 30.3 Å². The zero-order chi connectivity index (χ0) is 29.9. The summed E-state index contributed by atoms with van der Waals surface area (Å²) in [5.41, 5.74) is 0.295. The Hall–Kier alpha value is -4.82. The Morgan fingerprint density at radius 1 is 0.929 bits per heavy atom. The number of aromatic nitrogens is 3. The molecule has 3 aromatic carbocycles. The number of nitrogens with one attached hydrogen (secondary N) is 2. The van der Waals surface area contributed by atoms with E-state index in [1.54, 1.807) is 6.07 Å². The van der Waals surface area contributed by atoms with Crippen LogP contribution in [-0.4, -0.2) is 36.3 Å². The molecule has 0 fully saturated rings. The van der Waals surface area contributed by atoms with Crippen molar-refractivity contribution >= 4 is 44.6 Å². The third kappa shape index (κ3) is 6.09. The fourth-order valence-corrected chi connectivity index (χ4v) is 6.06. The zero-order valence-electron chi connectivity index (χ0n) is 21.7. The summed E-state index contributed by atoms with van der Waals surface area (Å²) in [7, 11) is -3.51. The molecule has 214 valence electrons. The number of halogens is 3. The summed E-state index contributed by atoms with van der Waals surface area (Å²) in [6, 6.07) is 17.0. The lowest BCUT2D eigenvalue weighted by Crippen LogP contribution is -2.19. The minimum atomic E-state index is -4.97. The highest BCUT2D eigenvalue weighted by Crippen LogP contribution is 2.41. The van der Waals surface area contributed by atoms with E-state index < -0.39 is 38.1 Å². The Kier molecular flexibility index (Phi) is 8.17. The van der Waals surface area contributed by atoms with Crippen molar-refractivity contribution in [3.05, 3.63) is 106 Å². The number of carbonyl (C=O) groups excluding carboxylic acids is 1. The smallest absolute Gasteiger partial charge is 0.227 e. The van der Waals surface area contributed by atoms with Crippen molar-refractivity contribution in [3.63, 3.8) is 0 Å². The van der Waals surface area contributed by atoms with E-state index in [9.17, 15) is 22.0 Å². The average molecular weight is 610 g/mol. The quantitative estimate of drug-likeness (QED) is 0.206. The van der Waals surface area contributed by atoms with Gasteiger partial charge in [-0.15, -0.1) is 11.3 Å². The molecule has 0 aliphatic carbocycles. The molecule has 0 atom stereocenters. The maximum Gasteiger partial charge on any atom is 0.227 e. The van der Waals surface area contributed by atoms with Crippen LogP contribution in [0.1, 0.15) is 5.01 Å². The second-order valence-electron chi connectivity index (χ2n) is 8.65. The Labute approximate surface area is 242 Å². The lowest BCUT2D eigenvalue weighted by Gasteiger charge is -2.24. The van der Waals surface area contributed by atoms with E-state index in [-0.39, 0.29) is 29.5 Å². The molecule has 0 unspecified atom stereocenters. The number of thiazole rings is 1. The van der Waals surface area contributed by atoms with Gasteiger partial charge in [0.15, 0.2) is 0 Å². The number of anilines is 2. The number of carbonyl (C=O) groups is 1. The van der Waals surface area contributed by atoms with Gasteiger partial charge in [0.2, 0.25) is 11.9 Å². The summed E-state index contributed by atoms with van der Waals surface area (Å²) in [6.45, 7) is 0. The molecule has 0 saturated carbocycles. The molecule has 1 amide bonds. The Morgan fingerprint density at radius 2 is 1.64 bits per heavy atom. The molecule has 5 aromatic rings. The highest BCUT2D eigenvalue weighted by molar-refractivity contribution is 7.94. The summed E-state index contributed by atoms with van der Waals surface area (Å²) in [5.74, 6) is -3.92. The highest BCUT2D eigenvalue weighted by atomic mass is 32.2. The fourth-order valence-electron chi connectivity index (χ4n) is 3.90. The van der Waals surface area contributed by atoms with Crippen LogP contribution < -0.4 is 10.6 Å². The van der Waals surface area contributed by atoms with Gasteiger partial charge in [-0.05, 0) is 36.4 Å². The lowest BCUT2D eigenvalue weighted by molar-refractivity contribution is -0.119. The third-order valence-corrected chi connectivity index (χ3v) is 8.23. The normalized spacial score (nSPS) is 11.2. The minimum Gasteiger partial charge on any atom is -0.570 e. The number of rotatable bonds is 9. The summed E-state index contributed by atoms with van der Waals surface area (Å²) < 4.78 is 73.3. The lowest BCUT2D eigenvalue weighted by atomic mass is 10.1. The van der Waals surface area contributed by atoms with E-state index in [0.29, 0.717) is 15.6 Å². The second-order valence-corrected chi connectivity index (χ2v) is 11.3. The van der Waals surface area contributed by atoms with Crippen LogP contribution in [0.3, 0.4) is 0 Å². The van der Waals surface area contributed by atoms with Gasteiger partial charge in [-0.3, -0.25) is 4.79 Å². The summed E-state index contributed by atoms with van der Waals surface area (Å²) in [6.07, 6.45) is 1.38. The molecule has 14 heteroatoms. The molecular formula is C28H20F3N6O3S2-. The molecule has 0 saturated heterocycles. The maximum absolute atomic E-state index is 15.9. The van der Waals surface area contributed by atoms with Gasteiger partial charge in [-0.1, -0.05) is 42.1 Å². The van der Waals surface area contributed by atoms with Crippen molar-refractivity contribution in [1.82, 2.24) is 20.3 Å². The van der Waals surface area contributed by atoms with Crippen LogP contribution in [0, 0.1) is 17.5 Å². The average Bonchev–Trinajstić information content (AvgIpc) is 3.38. The van der Waals surface area contributed by atoms with Gasteiger partial charge in [-0.25, -0.2) is 36.5 Å². The number of hydrogen-bond acceptors (Lipinski definition) is 8. The first-order chi connectivity index (χ1) is 20.2. The van der Waals surface area contributed by atoms with Crippen molar-refractivity contribution in [3.8, 4) is 21.8 Å². The van der Waals surface area contributed by atoms with Crippen molar-refractivity contribution in [2.24, 2.45) is 0 Å². The van der Waals surface area contributed by atoms with Gasteiger partial charge in [-0.2, -0.15) is 0 Å². The first-order valence-electron chi connectivity index (χ1n) is 12.2. The molecule has 0 bridgehead atoms. The molecule has 0 aliphatic heterocycles. The first-order valence-corrected chi connectivity index (χ1v) is 14.5. The number of hydrogen-bond donors (Lipinski definition) is 2. The Balaban J connectivity index is 1.57. The molecule has 2 N–H and O–H groups in total. The predicted octanol–water partition coefficient (Wildman–Crippen LogP) is 6.11. The number of benzene rings is 3. The Bertz CT molecular complexity index is 1870. The number of para-hydroxylation sites is 1. The second kappa shape index (κ2) is 12.0. The van der Waals surface area contributed by atoms with Crippen LogP contribution in [-0.2, 0) is 21.2 Å². The van der Waals surface area contributed by atoms with Crippen molar-refractivity contribution in [2.75, 3.05) is 12.4 Å². The molecule has 5 rings (SSSR count). The summed E-state index contributed by atoms with van der Waals surface area (Å²) in [5, 5.41) is 5.91. The SMILES string of the molecule is CNC(=O)Cc1nc(-c2cccc([N-]S(=O)(=O)c3c(F)cccc3F)c2F)c(-c2ccnc(Nc3ccccc3)n2)s1. The highest BCUT2D eigenvalue weighted by Gasteiger charge is 2.22. The van der Waals surface area contributed by atoms with E-state index >= 15 is 4.39 Å². The predicted molar refractivity (Wildman–Crippen MR) is 153 cm³/mol. The molecule has 2 aromatic heterocycles. The molecule has 2 heterocycles. The number of amides is 1. The molecule has 0 radical (unpaired) electrons. The zero-order valence-corrected chi connectivity index (χ0v) is 23.3. The first kappa shape index (κ1) is 28.7. The Morgan fingerprint density at radius 3 is 2.36 bits per heavy atom.